The first kappa shape index (κ1) is 13.1. The van der Waals surface area contributed by atoms with Crippen LogP contribution in [0.15, 0.2) is 6.33 Å². The van der Waals surface area contributed by atoms with Gasteiger partial charge in [0.1, 0.15) is 12.1 Å². The maximum absolute atomic E-state index is 5.82. The van der Waals surface area contributed by atoms with Crippen LogP contribution in [0.2, 0.25) is 0 Å². The highest BCUT2D eigenvalue weighted by atomic mass is 16.5. The van der Waals surface area contributed by atoms with Crippen molar-refractivity contribution in [1.29, 1.82) is 0 Å². The third-order valence-corrected chi connectivity index (χ3v) is 3.27. The number of hydrogen-bond donors (Lipinski definition) is 2. The fraction of sp³-hybridized carbons (Fsp3) is 0.615. The van der Waals surface area contributed by atoms with Crippen LogP contribution in [0.3, 0.4) is 0 Å². The average Bonchev–Trinajstić information content (AvgIpc) is 2.95. The summed E-state index contributed by atoms with van der Waals surface area (Å²) in [5.74, 6) is 1.06. The number of hydrogen-bond acceptors (Lipinski definition) is 6. The summed E-state index contributed by atoms with van der Waals surface area (Å²) in [6.07, 6.45) is 5.12. The van der Waals surface area contributed by atoms with Crippen LogP contribution in [0.25, 0.3) is 11.2 Å². The molecule has 0 saturated carbocycles. The predicted octanol–water partition coefficient (Wildman–Crippen LogP) is 1.73. The molecular weight excluding hydrogens is 258 g/mol. The third kappa shape index (κ3) is 2.82. The maximum atomic E-state index is 5.82. The molecule has 1 aliphatic rings. The quantitative estimate of drug-likeness (QED) is 0.865. The molecule has 7 heteroatoms. The van der Waals surface area contributed by atoms with Gasteiger partial charge in [-0.15, -0.1) is 0 Å². The molecule has 1 fully saturated rings. The van der Waals surface area contributed by atoms with Gasteiger partial charge in [-0.3, -0.25) is 0 Å². The molecular formula is C13H19N5O2. The summed E-state index contributed by atoms with van der Waals surface area (Å²) >= 11 is 0. The molecule has 2 aromatic heterocycles. The molecule has 0 aromatic carbocycles. The zero-order chi connectivity index (χ0) is 13.8. The van der Waals surface area contributed by atoms with Crippen molar-refractivity contribution < 1.29 is 9.47 Å². The number of anilines is 1. The SMILES string of the molecule is CCNc1nc(OCC2CCCCO2)c2[nH]cnc2n1. The molecule has 108 valence electrons. The van der Waals surface area contributed by atoms with Crippen molar-refractivity contribution in [2.75, 3.05) is 25.1 Å². The predicted molar refractivity (Wildman–Crippen MR) is 74.9 cm³/mol. The molecule has 0 bridgehead atoms. The molecule has 1 aliphatic heterocycles. The minimum Gasteiger partial charge on any atom is -0.473 e. The highest BCUT2D eigenvalue weighted by Gasteiger charge is 2.17. The molecule has 3 rings (SSSR count). The van der Waals surface area contributed by atoms with Gasteiger partial charge in [0.2, 0.25) is 11.8 Å². The Balaban J connectivity index is 1.76. The number of ether oxygens (including phenoxy) is 2. The van der Waals surface area contributed by atoms with E-state index in [1.165, 1.54) is 6.42 Å². The Bertz CT molecular complexity index is 565. The van der Waals surface area contributed by atoms with Gasteiger partial charge in [0.05, 0.1) is 12.4 Å². The Morgan fingerprint density at radius 3 is 3.20 bits per heavy atom. The van der Waals surface area contributed by atoms with Gasteiger partial charge in [-0.2, -0.15) is 9.97 Å². The number of aromatic amines is 1. The minimum absolute atomic E-state index is 0.152. The van der Waals surface area contributed by atoms with Gasteiger partial charge in [0, 0.05) is 13.2 Å². The number of aromatic nitrogens is 4. The summed E-state index contributed by atoms with van der Waals surface area (Å²) in [6, 6.07) is 0. The number of nitrogens with zero attached hydrogens (tertiary/aromatic N) is 3. The Morgan fingerprint density at radius 2 is 2.40 bits per heavy atom. The smallest absolute Gasteiger partial charge is 0.245 e. The fourth-order valence-corrected chi connectivity index (χ4v) is 2.26. The third-order valence-electron chi connectivity index (χ3n) is 3.27. The first-order valence-corrected chi connectivity index (χ1v) is 7.06. The topological polar surface area (TPSA) is 85.0 Å². The average molecular weight is 277 g/mol. The number of H-pyrrole nitrogens is 1. The van der Waals surface area contributed by atoms with E-state index in [0.717, 1.165) is 31.5 Å². The number of fused-ring (bicyclic) bond motifs is 1. The second kappa shape index (κ2) is 6.04. The largest absolute Gasteiger partial charge is 0.473 e. The molecule has 2 N–H and O–H groups in total. The minimum atomic E-state index is 0.152. The van der Waals surface area contributed by atoms with E-state index in [2.05, 4.69) is 25.3 Å². The van der Waals surface area contributed by atoms with Gasteiger partial charge in [-0.1, -0.05) is 0 Å². The zero-order valence-corrected chi connectivity index (χ0v) is 11.6. The van der Waals surface area contributed by atoms with Gasteiger partial charge in [0.15, 0.2) is 5.65 Å². The number of imidazole rings is 1. The second-order valence-electron chi connectivity index (χ2n) is 4.78. The lowest BCUT2D eigenvalue weighted by Crippen LogP contribution is -2.26. The summed E-state index contributed by atoms with van der Waals surface area (Å²) < 4.78 is 11.5. The Hall–Kier alpha value is -1.89. The van der Waals surface area contributed by atoms with Crippen molar-refractivity contribution in [2.24, 2.45) is 0 Å². The maximum Gasteiger partial charge on any atom is 0.245 e. The lowest BCUT2D eigenvalue weighted by atomic mass is 10.1. The van der Waals surface area contributed by atoms with Crippen molar-refractivity contribution in [2.45, 2.75) is 32.3 Å². The highest BCUT2D eigenvalue weighted by molar-refractivity contribution is 5.76. The fourth-order valence-electron chi connectivity index (χ4n) is 2.26. The molecule has 7 nitrogen and oxygen atoms in total. The van der Waals surface area contributed by atoms with Crippen LogP contribution in [0.4, 0.5) is 5.95 Å². The van der Waals surface area contributed by atoms with Crippen molar-refractivity contribution in [1.82, 2.24) is 19.9 Å². The van der Waals surface area contributed by atoms with Crippen LogP contribution in [-0.4, -0.2) is 45.8 Å². The summed E-state index contributed by atoms with van der Waals surface area (Å²) in [7, 11) is 0. The molecule has 2 aromatic rings. The first-order chi connectivity index (χ1) is 9.86. The monoisotopic (exact) mass is 277 g/mol. The second-order valence-corrected chi connectivity index (χ2v) is 4.78. The molecule has 20 heavy (non-hydrogen) atoms. The van der Waals surface area contributed by atoms with Crippen LogP contribution in [0.1, 0.15) is 26.2 Å². The van der Waals surface area contributed by atoms with Crippen molar-refractivity contribution >= 4 is 17.1 Å². The van der Waals surface area contributed by atoms with Crippen LogP contribution < -0.4 is 10.1 Å². The molecule has 1 atom stereocenters. The first-order valence-electron chi connectivity index (χ1n) is 7.06. The van der Waals surface area contributed by atoms with E-state index >= 15 is 0 Å². The van der Waals surface area contributed by atoms with Crippen LogP contribution >= 0.6 is 0 Å². The summed E-state index contributed by atoms with van der Waals surface area (Å²) in [4.78, 5) is 15.9. The van der Waals surface area contributed by atoms with E-state index in [9.17, 15) is 0 Å². The van der Waals surface area contributed by atoms with Gasteiger partial charge >= 0.3 is 0 Å². The van der Waals surface area contributed by atoms with E-state index in [0.29, 0.717) is 24.1 Å². The Morgan fingerprint density at radius 1 is 1.45 bits per heavy atom. The number of rotatable bonds is 5. The van der Waals surface area contributed by atoms with Gasteiger partial charge in [-0.25, -0.2) is 4.98 Å². The highest BCUT2D eigenvalue weighted by Crippen LogP contribution is 2.22. The Labute approximate surface area is 117 Å². The molecule has 1 unspecified atom stereocenters. The van der Waals surface area contributed by atoms with Crippen LogP contribution in [-0.2, 0) is 4.74 Å². The standard InChI is InChI=1S/C13H19N5O2/c1-2-14-13-17-11-10(15-8-16-11)12(18-13)20-7-9-5-3-4-6-19-9/h8-9H,2-7H2,1H3,(H2,14,15,16,17,18). The van der Waals surface area contributed by atoms with Crippen LogP contribution in [0, 0.1) is 0 Å². The molecule has 3 heterocycles. The van der Waals surface area contributed by atoms with E-state index < -0.39 is 0 Å². The van der Waals surface area contributed by atoms with Crippen LogP contribution in [0.5, 0.6) is 5.88 Å². The van der Waals surface area contributed by atoms with E-state index in [4.69, 9.17) is 9.47 Å². The molecule has 0 radical (unpaired) electrons. The lowest BCUT2D eigenvalue weighted by Gasteiger charge is -2.22. The van der Waals surface area contributed by atoms with E-state index in [1.54, 1.807) is 6.33 Å². The normalized spacial score (nSPS) is 19.1. The molecule has 0 aliphatic carbocycles. The molecule has 0 spiro atoms. The summed E-state index contributed by atoms with van der Waals surface area (Å²) in [5, 5.41) is 3.08. The van der Waals surface area contributed by atoms with Gasteiger partial charge < -0.3 is 19.8 Å². The van der Waals surface area contributed by atoms with Gasteiger partial charge in [-0.05, 0) is 26.2 Å². The Kier molecular flexibility index (Phi) is 3.96. The van der Waals surface area contributed by atoms with Gasteiger partial charge in [0.25, 0.3) is 0 Å². The molecule has 0 amide bonds. The van der Waals surface area contributed by atoms with Crippen molar-refractivity contribution in [3.8, 4) is 5.88 Å². The van der Waals surface area contributed by atoms with E-state index in [1.807, 2.05) is 6.92 Å². The molecule has 1 saturated heterocycles. The zero-order valence-electron chi connectivity index (χ0n) is 11.6. The summed E-state index contributed by atoms with van der Waals surface area (Å²) in [6.45, 7) is 4.08. The number of nitrogens with one attached hydrogen (secondary N) is 2. The lowest BCUT2D eigenvalue weighted by molar-refractivity contribution is -0.0116. The summed E-state index contributed by atoms with van der Waals surface area (Å²) in [5.41, 5.74) is 1.33. The van der Waals surface area contributed by atoms with Crippen molar-refractivity contribution in [3.05, 3.63) is 6.33 Å². The van der Waals surface area contributed by atoms with E-state index in [-0.39, 0.29) is 6.10 Å². The van der Waals surface area contributed by atoms with Crippen molar-refractivity contribution in [3.63, 3.8) is 0 Å².